The zero-order chi connectivity index (χ0) is 17.6. The number of fused-ring (bicyclic) bond motifs is 1. The third-order valence-electron chi connectivity index (χ3n) is 5.89. The van der Waals surface area contributed by atoms with Gasteiger partial charge in [-0.1, -0.05) is 12.1 Å². The first-order chi connectivity index (χ1) is 12.7. The van der Waals surface area contributed by atoms with E-state index in [-0.39, 0.29) is 0 Å². The first kappa shape index (κ1) is 15.7. The van der Waals surface area contributed by atoms with Crippen LogP contribution in [0.5, 0.6) is 0 Å². The van der Waals surface area contributed by atoms with Crippen molar-refractivity contribution in [1.82, 2.24) is 19.9 Å². The van der Waals surface area contributed by atoms with E-state index in [1.54, 1.807) is 12.4 Å². The summed E-state index contributed by atoms with van der Waals surface area (Å²) in [7, 11) is 2.24. The predicted octanol–water partition coefficient (Wildman–Crippen LogP) is 3.22. The molecule has 2 aliphatic heterocycles. The molecule has 0 radical (unpaired) electrons. The number of pyridine rings is 1. The van der Waals surface area contributed by atoms with Crippen molar-refractivity contribution < 1.29 is 0 Å². The Hall–Kier alpha value is -2.53. The van der Waals surface area contributed by atoms with Gasteiger partial charge in [-0.25, -0.2) is 9.97 Å². The maximum atomic E-state index is 5.00. The SMILES string of the molecule is CN1CCC2(CCN(c3nc(-c4ccncc4)nc4ccccc34)C2)C1. The fourth-order valence-corrected chi connectivity index (χ4v) is 4.54. The van der Waals surface area contributed by atoms with Gasteiger partial charge in [0.05, 0.1) is 5.52 Å². The molecule has 132 valence electrons. The second-order valence-electron chi connectivity index (χ2n) is 7.78. The number of aromatic nitrogens is 3. The maximum absolute atomic E-state index is 5.00. The van der Waals surface area contributed by atoms with Gasteiger partial charge >= 0.3 is 0 Å². The van der Waals surface area contributed by atoms with E-state index in [4.69, 9.17) is 9.97 Å². The molecular weight excluding hydrogens is 322 g/mol. The van der Waals surface area contributed by atoms with Crippen molar-refractivity contribution in [3.05, 3.63) is 48.8 Å². The van der Waals surface area contributed by atoms with Gasteiger partial charge in [0.1, 0.15) is 5.82 Å². The van der Waals surface area contributed by atoms with Gasteiger partial charge in [0.15, 0.2) is 5.82 Å². The molecule has 5 nitrogen and oxygen atoms in total. The summed E-state index contributed by atoms with van der Waals surface area (Å²) in [6.07, 6.45) is 6.14. The lowest BCUT2D eigenvalue weighted by Crippen LogP contribution is -2.30. The molecule has 5 heteroatoms. The second kappa shape index (κ2) is 6.02. The zero-order valence-electron chi connectivity index (χ0n) is 15.1. The van der Waals surface area contributed by atoms with Crippen molar-refractivity contribution >= 4 is 16.7 Å². The first-order valence-corrected chi connectivity index (χ1v) is 9.33. The van der Waals surface area contributed by atoms with Gasteiger partial charge in [-0.15, -0.1) is 0 Å². The number of nitrogens with zero attached hydrogens (tertiary/aromatic N) is 5. The lowest BCUT2D eigenvalue weighted by atomic mass is 9.86. The van der Waals surface area contributed by atoms with E-state index in [9.17, 15) is 0 Å². The summed E-state index contributed by atoms with van der Waals surface area (Å²) in [6.45, 7) is 4.57. The van der Waals surface area contributed by atoms with Crippen LogP contribution < -0.4 is 4.90 Å². The molecule has 1 aromatic carbocycles. The van der Waals surface area contributed by atoms with Crippen LogP contribution in [-0.4, -0.2) is 53.1 Å². The molecule has 26 heavy (non-hydrogen) atoms. The Morgan fingerprint density at radius 3 is 2.54 bits per heavy atom. The van der Waals surface area contributed by atoms with E-state index in [0.29, 0.717) is 5.41 Å². The quantitative estimate of drug-likeness (QED) is 0.713. The zero-order valence-corrected chi connectivity index (χ0v) is 15.1. The fourth-order valence-electron chi connectivity index (χ4n) is 4.54. The molecule has 0 aliphatic carbocycles. The van der Waals surface area contributed by atoms with Gasteiger partial charge in [0, 0.05) is 48.4 Å². The third-order valence-corrected chi connectivity index (χ3v) is 5.89. The van der Waals surface area contributed by atoms with Gasteiger partial charge in [-0.3, -0.25) is 4.98 Å². The molecule has 2 aliphatic rings. The Morgan fingerprint density at radius 2 is 1.73 bits per heavy atom. The number of para-hydroxylation sites is 1. The molecule has 1 unspecified atom stereocenters. The van der Waals surface area contributed by atoms with E-state index < -0.39 is 0 Å². The smallest absolute Gasteiger partial charge is 0.162 e. The highest BCUT2D eigenvalue weighted by molar-refractivity contribution is 5.91. The summed E-state index contributed by atoms with van der Waals surface area (Å²) < 4.78 is 0. The molecule has 4 heterocycles. The molecule has 5 rings (SSSR count). The number of benzene rings is 1. The van der Waals surface area contributed by atoms with Crippen LogP contribution in [0.1, 0.15) is 12.8 Å². The number of hydrogen-bond acceptors (Lipinski definition) is 5. The molecule has 0 saturated carbocycles. The van der Waals surface area contributed by atoms with Crippen LogP contribution in [0.15, 0.2) is 48.8 Å². The van der Waals surface area contributed by atoms with Crippen LogP contribution in [0, 0.1) is 5.41 Å². The highest BCUT2D eigenvalue weighted by atomic mass is 15.2. The molecule has 2 saturated heterocycles. The lowest BCUT2D eigenvalue weighted by Gasteiger charge is -2.25. The molecule has 2 aromatic heterocycles. The number of rotatable bonds is 2. The summed E-state index contributed by atoms with van der Waals surface area (Å²) >= 11 is 0. The average Bonchev–Trinajstić information content (AvgIpc) is 3.27. The molecule has 0 amide bonds. The Kier molecular flexibility index (Phi) is 3.64. The van der Waals surface area contributed by atoms with E-state index in [2.05, 4.69) is 40.0 Å². The van der Waals surface area contributed by atoms with Crippen molar-refractivity contribution in [3.8, 4) is 11.4 Å². The third kappa shape index (κ3) is 2.63. The minimum absolute atomic E-state index is 0.428. The number of hydrogen-bond donors (Lipinski definition) is 0. The van der Waals surface area contributed by atoms with Crippen molar-refractivity contribution in [2.45, 2.75) is 12.8 Å². The van der Waals surface area contributed by atoms with Crippen LogP contribution in [-0.2, 0) is 0 Å². The van der Waals surface area contributed by atoms with Crippen molar-refractivity contribution in [2.75, 3.05) is 38.1 Å². The number of anilines is 1. The molecule has 3 aromatic rings. The van der Waals surface area contributed by atoms with Gasteiger partial charge in [0.2, 0.25) is 0 Å². The monoisotopic (exact) mass is 345 g/mol. The largest absolute Gasteiger partial charge is 0.355 e. The lowest BCUT2D eigenvalue weighted by molar-refractivity contribution is 0.312. The molecule has 2 fully saturated rings. The van der Waals surface area contributed by atoms with Gasteiger partial charge < -0.3 is 9.80 Å². The molecule has 0 bridgehead atoms. The number of likely N-dealkylation sites (tertiary alicyclic amines) is 1. The normalized spacial score (nSPS) is 23.3. The van der Waals surface area contributed by atoms with Crippen LogP contribution in [0.3, 0.4) is 0 Å². The molecule has 1 atom stereocenters. The van der Waals surface area contributed by atoms with Crippen molar-refractivity contribution in [1.29, 1.82) is 0 Å². The van der Waals surface area contributed by atoms with Crippen LogP contribution >= 0.6 is 0 Å². The minimum atomic E-state index is 0.428. The Balaban J connectivity index is 1.59. The van der Waals surface area contributed by atoms with E-state index >= 15 is 0 Å². The van der Waals surface area contributed by atoms with Crippen LogP contribution in [0.4, 0.5) is 5.82 Å². The molecular formula is C21H23N5. The van der Waals surface area contributed by atoms with Crippen LogP contribution in [0.2, 0.25) is 0 Å². The van der Waals surface area contributed by atoms with Crippen molar-refractivity contribution in [3.63, 3.8) is 0 Å². The van der Waals surface area contributed by atoms with Crippen molar-refractivity contribution in [2.24, 2.45) is 5.41 Å². The maximum Gasteiger partial charge on any atom is 0.162 e. The Morgan fingerprint density at radius 1 is 0.923 bits per heavy atom. The first-order valence-electron chi connectivity index (χ1n) is 9.33. The minimum Gasteiger partial charge on any atom is -0.355 e. The van der Waals surface area contributed by atoms with E-state index in [0.717, 1.165) is 41.2 Å². The Bertz CT molecular complexity index is 942. The topological polar surface area (TPSA) is 45.2 Å². The molecule has 0 N–H and O–H groups in total. The predicted molar refractivity (Wildman–Crippen MR) is 104 cm³/mol. The standard InChI is InChI=1S/C21H23N5/c1-25-12-8-21(14-25)9-13-26(15-21)20-17-4-2-3-5-18(17)23-19(24-20)16-6-10-22-11-7-16/h2-7,10-11H,8-9,12-15H2,1H3. The summed E-state index contributed by atoms with van der Waals surface area (Å²) in [6, 6.07) is 12.3. The summed E-state index contributed by atoms with van der Waals surface area (Å²) in [5.74, 6) is 1.86. The summed E-state index contributed by atoms with van der Waals surface area (Å²) in [4.78, 5) is 18.9. The summed E-state index contributed by atoms with van der Waals surface area (Å²) in [5.41, 5.74) is 2.45. The highest BCUT2D eigenvalue weighted by Gasteiger charge is 2.43. The van der Waals surface area contributed by atoms with Gasteiger partial charge in [-0.2, -0.15) is 0 Å². The van der Waals surface area contributed by atoms with E-state index in [1.807, 2.05) is 18.2 Å². The summed E-state index contributed by atoms with van der Waals surface area (Å²) in [5, 5.41) is 1.15. The van der Waals surface area contributed by atoms with Gasteiger partial charge in [-0.05, 0) is 50.7 Å². The average molecular weight is 345 g/mol. The van der Waals surface area contributed by atoms with E-state index in [1.165, 1.54) is 25.9 Å². The fraction of sp³-hybridized carbons (Fsp3) is 0.381. The Labute approximate surface area is 153 Å². The van der Waals surface area contributed by atoms with Crippen LogP contribution in [0.25, 0.3) is 22.3 Å². The second-order valence-corrected chi connectivity index (χ2v) is 7.78. The highest BCUT2D eigenvalue weighted by Crippen LogP contribution is 2.41. The molecule has 1 spiro atoms. The van der Waals surface area contributed by atoms with Gasteiger partial charge in [0.25, 0.3) is 0 Å².